The van der Waals surface area contributed by atoms with Gasteiger partial charge in [-0.05, 0) is 232 Å². The molecule has 784 valence electrons. The molecule has 0 unspecified atom stereocenters. The summed E-state index contributed by atoms with van der Waals surface area (Å²) in [5.41, 5.74) is 18.7. The Morgan fingerprint density at radius 1 is 0.544 bits per heavy atom. The third-order valence-electron chi connectivity index (χ3n) is 24.2. The molecule has 5 N–H and O–H groups in total. The number of hydrogen-bond acceptors (Lipinski definition) is 29. The number of sulfone groups is 1. The Bertz CT molecular complexity index is 6160. The molecule has 12 heterocycles. The molecule has 19 rings (SSSR count). The zero-order valence-corrected chi connectivity index (χ0v) is 100. The predicted molar refractivity (Wildman–Crippen MR) is 598 cm³/mol. The summed E-state index contributed by atoms with van der Waals surface area (Å²) in [5.74, 6) is 5.33. The summed E-state index contributed by atoms with van der Waals surface area (Å²) in [4.78, 5) is 73.3. The molecule has 0 radical (unpaired) electrons. The third-order valence-corrected chi connectivity index (χ3v) is 34.8. The first-order valence-electron chi connectivity index (χ1n) is 49.2. The van der Waals surface area contributed by atoms with Gasteiger partial charge in [0.15, 0.2) is 0 Å². The molecule has 40 heteroatoms. The van der Waals surface area contributed by atoms with Crippen molar-refractivity contribution < 1.29 is 94.2 Å². The number of carbonyl (C=O) groups excluding carboxylic acids is 3. The molecule has 0 aliphatic carbocycles. The third kappa shape index (κ3) is 39.8. The van der Waals surface area contributed by atoms with Crippen LogP contribution in [0.3, 0.4) is 0 Å². The van der Waals surface area contributed by atoms with Gasteiger partial charge >= 0.3 is 65.2 Å². The molecule has 0 atom stereocenters. The molecule has 12 aromatic rings. The molecule has 7 fully saturated rings. The van der Waals surface area contributed by atoms with Gasteiger partial charge in [-0.25, -0.2) is 52.9 Å². The van der Waals surface area contributed by atoms with E-state index in [2.05, 4.69) is 225 Å². The van der Waals surface area contributed by atoms with Gasteiger partial charge < -0.3 is 95.7 Å². The van der Waals surface area contributed by atoms with Gasteiger partial charge in [0.05, 0.1) is 44.3 Å². The zero-order valence-electron chi connectivity index (χ0n) is 85.9. The van der Waals surface area contributed by atoms with Gasteiger partial charge in [-0.1, -0.05) is 88.8 Å². The first-order valence-corrected chi connectivity index (χ1v) is 68.2. The van der Waals surface area contributed by atoms with Crippen molar-refractivity contribution in [3.05, 3.63) is 212 Å². The number of halogens is 4. The Morgan fingerprint density at radius 2 is 0.973 bits per heavy atom. The second kappa shape index (κ2) is 59.8. The number of aromatic nitrogens is 8. The summed E-state index contributed by atoms with van der Waals surface area (Å²) in [6, 6.07) is 48.4. The number of nitrogens with zero attached hydrogens (tertiary/aromatic N) is 11. The van der Waals surface area contributed by atoms with E-state index in [1.54, 1.807) is 39.5 Å². The van der Waals surface area contributed by atoms with Crippen LogP contribution in [0.5, 0.6) is 17.2 Å². The number of ketones is 1. The number of piperidine rings is 3. The SMILES string of the molecule is C.CC(C)(C)OC(=O)N1CCC(Oc2cc3nc(Nc4cccc(C5CCOCC5)c4)ncc3cc2Br)CC1.CC(C)(C)OC(=O)N1CCC(Oc2cc3nc(S(C)(=O)=O)ncc3cc2Br)CC1.C[Si](C)(C)N(c1c[c-]ccc1)[Si](C)(C)C.Nc1cccc(C2CCOCC2)c1.O=C1CCOCC1.[Cl-].[Mg+2].[Zn+][Br].[c-]1nccs1.c1cc(Nc2ncc3cc(-c4nccs4)c(OC4CCNCC4)cc3n2)cc(C2CCOCC2)c1. The van der Waals surface area contributed by atoms with Gasteiger partial charge in [-0.2, -0.15) is 30.3 Å². The largest absolute Gasteiger partial charge is 0.490 e. The fourth-order valence-corrected chi connectivity index (χ4v) is 29.8. The number of carbonyl (C=O) groups is 3. The summed E-state index contributed by atoms with van der Waals surface area (Å²) in [7, 11) is -6.07. The van der Waals surface area contributed by atoms with Crippen LogP contribution in [0.25, 0.3) is 43.3 Å². The molecule has 2 amide bonds. The number of hydrogen-bond donors (Lipinski definition) is 4. The number of amides is 2. The van der Waals surface area contributed by atoms with Crippen LogP contribution in [0.2, 0.25) is 39.3 Å². The Kier molecular flexibility index (Phi) is 49.8. The minimum absolute atomic E-state index is 0. The second-order valence-corrected chi connectivity index (χ2v) is 55.1. The number of fused-ring (bicyclic) bond motifs is 3. The van der Waals surface area contributed by atoms with Gasteiger partial charge in [0, 0.05) is 192 Å². The van der Waals surface area contributed by atoms with Crippen LogP contribution >= 0.6 is 68.2 Å². The van der Waals surface area contributed by atoms with E-state index in [4.69, 9.17) is 58.3 Å². The van der Waals surface area contributed by atoms with Gasteiger partial charge in [-0.15, -0.1) is 22.9 Å². The van der Waals surface area contributed by atoms with Crippen molar-refractivity contribution in [1.29, 1.82) is 0 Å². The standard InChI is InChI=1S/C29H35BrN4O4.C27H29N5O2S.C19H24BrN3O5S.C12H22NSi2.C11H15NO.C5H8O2.C3H2NS.CH4.BrH.ClH.Mg.Zn/c1-29(2,3)38-28(35)34-11-7-23(8-12-34)37-26-17-25-21(16-24(26)30)18-31-27(33-25)32-22-6-4-5-20(15-22)19-9-13-36-14-10-19;1-2-19(18-6-11-33-12-7-18)14-21(3-1)31-27-30-17-20-15-23(26-29-10-13-35-26)25(16-24(20)32-27)34-22-4-8-28-9-5-22;1-19(2,3)28-18(24)23-7-5-13(6-8-23)27-16-10-15-12(9-14(16)20)11-21-17(22-15)29(4,25)26;1-14(2,3)13(15(4,5)6)12-10-8-7-9-11-12;12-11-3-1-2-10(8-11)9-4-6-13-7-5-9;6-5-1-3-7-4-2-5;1-2-5-3-4-1;;;;;/h4-6,15-19,23H,7-14H2,1-3H3,(H,31,32,33);1-3,10,13-18,22,28H,4-9,11-12H2,(H,30,31,32);9-11,13H,5-8H2,1-4H3;7-8,10-11H,1-6H3;1-3,8-9H,4-7,12H2;1-4H2;1-2H;1H4;2*1H;;/q;;;-1;;;-1;;;;2*+2/p-2. The van der Waals surface area contributed by atoms with Crippen LogP contribution in [-0.2, 0) is 59.4 Å². The van der Waals surface area contributed by atoms with E-state index < -0.39 is 37.5 Å². The van der Waals surface area contributed by atoms with Crippen molar-refractivity contribution >= 4 is 203 Å². The average Bonchev–Trinajstić information content (AvgIpc) is 1.75. The van der Waals surface area contributed by atoms with Crippen molar-refractivity contribution in [2.75, 3.05) is 119 Å². The Balaban J connectivity index is 0.000000204. The van der Waals surface area contributed by atoms with E-state index in [-0.39, 0.29) is 78.5 Å². The number of nitrogen functional groups attached to an aromatic ring is 1. The molecular weight excluding hydrogens is 2240 g/mol. The van der Waals surface area contributed by atoms with Crippen molar-refractivity contribution in [3.8, 4) is 27.8 Å². The smallest absolute Gasteiger partial charge is 0.227 e. The van der Waals surface area contributed by atoms with Crippen molar-refractivity contribution in [2.24, 2.45) is 0 Å². The van der Waals surface area contributed by atoms with E-state index in [1.165, 1.54) is 56.3 Å². The molecule has 0 saturated carbocycles. The van der Waals surface area contributed by atoms with E-state index >= 15 is 0 Å². The number of anilines is 6. The Labute approximate surface area is 933 Å². The van der Waals surface area contributed by atoms with Crippen molar-refractivity contribution in [2.45, 2.75) is 231 Å². The number of nitrogens with one attached hydrogen (secondary N) is 3. The molecule has 147 heavy (non-hydrogen) atoms. The Morgan fingerprint density at radius 3 is 1.37 bits per heavy atom. The fraction of sp³-hybridized carbons (Fsp3) is 0.467. The minimum atomic E-state index is -3.50. The van der Waals surface area contributed by atoms with Crippen LogP contribution in [-0.4, -0.2) is 243 Å². The number of nitrogens with two attached hydrogens (primary N) is 1. The first-order chi connectivity index (χ1) is 68.9. The molecule has 7 aliphatic heterocycles. The van der Waals surface area contributed by atoms with Gasteiger partial charge in [0.25, 0.3) is 0 Å². The fourth-order valence-electron chi connectivity index (χ4n) is 17.6. The number of benzene rings is 7. The normalized spacial score (nSPS) is 16.2. The maximum atomic E-state index is 12.4. The van der Waals surface area contributed by atoms with E-state index in [1.807, 2.05) is 113 Å². The summed E-state index contributed by atoms with van der Waals surface area (Å²) in [6.07, 6.45) is 21.9. The molecule has 0 spiro atoms. The number of thiazole rings is 2. The monoisotopic (exact) mass is 2370 g/mol. The summed E-state index contributed by atoms with van der Waals surface area (Å²) in [5, 5.41) is 17.4. The number of Topliss-reactive ketones (excluding diaryl/α,β-unsaturated/α-hetero) is 1. The second-order valence-electron chi connectivity index (χ2n) is 39.9. The molecule has 7 aliphatic rings. The summed E-state index contributed by atoms with van der Waals surface area (Å²) >= 11 is 14.5. The first kappa shape index (κ1) is 122. The van der Waals surface area contributed by atoms with E-state index in [0.717, 1.165) is 193 Å². The quantitative estimate of drug-likeness (QED) is 0.0268. The van der Waals surface area contributed by atoms with Crippen molar-refractivity contribution in [1.82, 2.24) is 55.0 Å². The molecular formula is C107H139Br3ClMgN15O14S3Si2Zn. The number of likely N-dealkylation sites (tertiary alicyclic amines) is 2. The maximum absolute atomic E-state index is 12.4. The summed E-state index contributed by atoms with van der Waals surface area (Å²) < 4.78 is 78.9. The van der Waals surface area contributed by atoms with E-state index in [0.29, 0.717) is 117 Å². The topological polar surface area (TPSA) is 343 Å². The molecule has 29 nitrogen and oxygen atoms in total. The van der Waals surface area contributed by atoms with Crippen molar-refractivity contribution in [3.63, 3.8) is 0 Å². The van der Waals surface area contributed by atoms with Gasteiger partial charge in [0.2, 0.25) is 26.9 Å². The molecule has 0 bridgehead atoms. The molecule has 7 saturated heterocycles. The Hall–Kier alpha value is -8.07. The van der Waals surface area contributed by atoms with Crippen LogP contribution in [0.4, 0.5) is 44.2 Å². The molecule has 5 aromatic heterocycles. The van der Waals surface area contributed by atoms with Gasteiger partial charge in [-0.3, -0.25) is 16.1 Å². The van der Waals surface area contributed by atoms with Crippen LogP contribution in [0.1, 0.15) is 173 Å². The molecule has 7 aromatic carbocycles. The maximum Gasteiger partial charge on any atom is 0.227 e. The van der Waals surface area contributed by atoms with Crippen LogP contribution in [0.15, 0.2) is 189 Å². The number of rotatable bonds is 18. The zero-order chi connectivity index (χ0) is 103. The predicted octanol–water partition coefficient (Wildman–Crippen LogP) is 21.4. The van der Waals surface area contributed by atoms with Gasteiger partial charge in [0.1, 0.15) is 74.0 Å². The van der Waals surface area contributed by atoms with Crippen LogP contribution in [0, 0.1) is 11.6 Å². The van der Waals surface area contributed by atoms with E-state index in [9.17, 15) is 22.8 Å². The number of ether oxygens (including phenoxy) is 9. The minimum Gasteiger partial charge on any atom is -0.490 e. The van der Waals surface area contributed by atoms with Crippen LogP contribution < -0.4 is 52.5 Å². The summed E-state index contributed by atoms with van der Waals surface area (Å²) in [6.45, 7) is 36.3. The average molecular weight is 2380 g/mol.